The molecule has 1 aliphatic heterocycles. The fourth-order valence-electron chi connectivity index (χ4n) is 2.30. The van der Waals surface area contributed by atoms with Gasteiger partial charge in [-0.25, -0.2) is 0 Å². The molecule has 82 valence electrons. The number of hydrogen-bond acceptors (Lipinski definition) is 2. The van der Waals surface area contributed by atoms with Crippen LogP contribution in [0.25, 0.3) is 0 Å². The van der Waals surface area contributed by atoms with Crippen molar-refractivity contribution in [1.82, 2.24) is 0 Å². The van der Waals surface area contributed by atoms with E-state index < -0.39 is 0 Å². The topological polar surface area (TPSA) is 29.3 Å². The van der Waals surface area contributed by atoms with Crippen molar-refractivity contribution in [3.8, 4) is 0 Å². The Morgan fingerprint density at radius 3 is 2.33 bits per heavy atom. The van der Waals surface area contributed by atoms with Crippen molar-refractivity contribution < 1.29 is 0 Å². The minimum absolute atomic E-state index is 0.646. The maximum Gasteiger partial charge on any atom is 0.0411 e. The van der Waals surface area contributed by atoms with Crippen molar-refractivity contribution >= 4 is 5.69 Å². The molecule has 2 nitrogen and oxygen atoms in total. The van der Waals surface area contributed by atoms with E-state index >= 15 is 0 Å². The number of para-hydroxylation sites is 1. The van der Waals surface area contributed by atoms with Crippen LogP contribution in [0.4, 0.5) is 5.69 Å². The van der Waals surface area contributed by atoms with Gasteiger partial charge in [0.2, 0.25) is 0 Å². The fraction of sp³-hybridized carbons (Fsp3) is 0.538. The van der Waals surface area contributed by atoms with Crippen molar-refractivity contribution in [2.75, 3.05) is 18.0 Å². The predicted octanol–water partition coefficient (Wildman–Crippen LogP) is 2.53. The van der Waals surface area contributed by atoms with E-state index in [4.69, 9.17) is 5.73 Å². The number of nitrogens with two attached hydrogens (primary N) is 1. The van der Waals surface area contributed by atoms with Gasteiger partial charge in [0.15, 0.2) is 0 Å². The standard InChI is InChI=1S/C13H20N2/c14-11-12-7-3-4-8-13(12)15-9-5-1-2-6-10-15/h3-4,7-8H,1-2,5-6,9-11,14H2. The quantitative estimate of drug-likeness (QED) is 0.802. The maximum atomic E-state index is 5.77. The summed E-state index contributed by atoms with van der Waals surface area (Å²) in [5, 5.41) is 0. The number of benzene rings is 1. The molecule has 0 bridgehead atoms. The number of rotatable bonds is 2. The Kier molecular flexibility index (Phi) is 3.62. The Morgan fingerprint density at radius 1 is 1.00 bits per heavy atom. The zero-order valence-electron chi connectivity index (χ0n) is 9.28. The third kappa shape index (κ3) is 2.51. The lowest BCUT2D eigenvalue weighted by atomic mass is 10.1. The molecule has 1 heterocycles. The van der Waals surface area contributed by atoms with Gasteiger partial charge >= 0.3 is 0 Å². The summed E-state index contributed by atoms with van der Waals surface area (Å²) < 4.78 is 0. The van der Waals surface area contributed by atoms with E-state index in [-0.39, 0.29) is 0 Å². The normalized spacial score (nSPS) is 17.5. The average molecular weight is 204 g/mol. The first kappa shape index (κ1) is 10.5. The molecule has 1 saturated heterocycles. The summed E-state index contributed by atoms with van der Waals surface area (Å²) in [6, 6.07) is 8.52. The van der Waals surface area contributed by atoms with E-state index in [1.54, 1.807) is 0 Å². The molecule has 1 fully saturated rings. The second-order valence-electron chi connectivity index (χ2n) is 4.23. The Balaban J connectivity index is 2.18. The lowest BCUT2D eigenvalue weighted by Crippen LogP contribution is -2.25. The van der Waals surface area contributed by atoms with E-state index in [0.717, 1.165) is 0 Å². The molecule has 0 aliphatic carbocycles. The molecule has 2 N–H and O–H groups in total. The molecule has 1 aromatic carbocycles. The predicted molar refractivity (Wildman–Crippen MR) is 65.0 cm³/mol. The van der Waals surface area contributed by atoms with Gasteiger partial charge < -0.3 is 10.6 Å². The van der Waals surface area contributed by atoms with Crippen LogP contribution in [0, 0.1) is 0 Å². The average Bonchev–Trinajstić information content (AvgIpc) is 2.57. The molecule has 0 radical (unpaired) electrons. The van der Waals surface area contributed by atoms with Gasteiger partial charge in [-0.1, -0.05) is 31.0 Å². The highest BCUT2D eigenvalue weighted by Gasteiger charge is 2.11. The summed E-state index contributed by atoms with van der Waals surface area (Å²) >= 11 is 0. The Hall–Kier alpha value is -1.02. The number of anilines is 1. The first-order valence-electron chi connectivity index (χ1n) is 5.95. The summed E-state index contributed by atoms with van der Waals surface area (Å²) in [6.45, 7) is 3.03. The highest BCUT2D eigenvalue weighted by Crippen LogP contribution is 2.23. The van der Waals surface area contributed by atoms with Crippen molar-refractivity contribution in [2.24, 2.45) is 5.73 Å². The highest BCUT2D eigenvalue weighted by atomic mass is 15.1. The summed E-state index contributed by atoms with van der Waals surface area (Å²) in [5.74, 6) is 0. The van der Waals surface area contributed by atoms with Gasteiger partial charge in [0.05, 0.1) is 0 Å². The fourth-order valence-corrected chi connectivity index (χ4v) is 2.30. The zero-order valence-corrected chi connectivity index (χ0v) is 9.28. The highest BCUT2D eigenvalue weighted by molar-refractivity contribution is 5.53. The summed E-state index contributed by atoms with van der Waals surface area (Å²) in [4.78, 5) is 2.50. The lowest BCUT2D eigenvalue weighted by molar-refractivity contribution is 0.726. The molecule has 0 aromatic heterocycles. The van der Waals surface area contributed by atoms with E-state index in [0.29, 0.717) is 6.54 Å². The molecule has 0 unspecified atom stereocenters. The first-order valence-corrected chi connectivity index (χ1v) is 5.95. The van der Waals surface area contributed by atoms with Crippen molar-refractivity contribution in [1.29, 1.82) is 0 Å². The van der Waals surface area contributed by atoms with E-state index in [1.807, 2.05) is 0 Å². The van der Waals surface area contributed by atoms with Crippen molar-refractivity contribution in [3.05, 3.63) is 29.8 Å². The van der Waals surface area contributed by atoms with Crippen LogP contribution in [0.1, 0.15) is 31.2 Å². The van der Waals surface area contributed by atoms with E-state index in [1.165, 1.54) is 50.0 Å². The van der Waals surface area contributed by atoms with Crippen LogP contribution >= 0.6 is 0 Å². The lowest BCUT2D eigenvalue weighted by Gasteiger charge is -2.25. The molecule has 2 rings (SSSR count). The molecule has 0 amide bonds. The van der Waals surface area contributed by atoms with Crippen LogP contribution in [0.15, 0.2) is 24.3 Å². The Bertz CT molecular complexity index is 301. The van der Waals surface area contributed by atoms with Gasteiger partial charge in [-0.3, -0.25) is 0 Å². The van der Waals surface area contributed by atoms with Crippen LogP contribution in [0.2, 0.25) is 0 Å². The molecule has 0 spiro atoms. The van der Waals surface area contributed by atoms with Crippen molar-refractivity contribution in [2.45, 2.75) is 32.2 Å². The molecular weight excluding hydrogens is 184 g/mol. The Labute approximate surface area is 92.1 Å². The first-order chi connectivity index (χ1) is 7.42. The summed E-state index contributed by atoms with van der Waals surface area (Å²) in [5.41, 5.74) is 8.40. The largest absolute Gasteiger partial charge is 0.371 e. The van der Waals surface area contributed by atoms with Gasteiger partial charge in [0.25, 0.3) is 0 Å². The van der Waals surface area contributed by atoms with Gasteiger partial charge in [-0.05, 0) is 24.5 Å². The number of nitrogens with zero attached hydrogens (tertiary/aromatic N) is 1. The van der Waals surface area contributed by atoms with Crippen LogP contribution in [-0.2, 0) is 6.54 Å². The van der Waals surface area contributed by atoms with Gasteiger partial charge in [0.1, 0.15) is 0 Å². The van der Waals surface area contributed by atoms with Crippen molar-refractivity contribution in [3.63, 3.8) is 0 Å². The van der Waals surface area contributed by atoms with Gasteiger partial charge in [-0.15, -0.1) is 0 Å². The molecule has 0 saturated carbocycles. The van der Waals surface area contributed by atoms with Gasteiger partial charge in [0, 0.05) is 25.3 Å². The van der Waals surface area contributed by atoms with Crippen LogP contribution in [-0.4, -0.2) is 13.1 Å². The Morgan fingerprint density at radius 2 is 1.67 bits per heavy atom. The second-order valence-corrected chi connectivity index (χ2v) is 4.23. The molecule has 2 heteroatoms. The maximum absolute atomic E-state index is 5.77. The summed E-state index contributed by atoms with van der Waals surface area (Å²) in [7, 11) is 0. The van der Waals surface area contributed by atoms with E-state index in [9.17, 15) is 0 Å². The molecule has 0 atom stereocenters. The SMILES string of the molecule is NCc1ccccc1N1CCCCCC1. The molecular formula is C13H20N2. The molecule has 15 heavy (non-hydrogen) atoms. The van der Waals surface area contributed by atoms with Gasteiger partial charge in [-0.2, -0.15) is 0 Å². The number of hydrogen-bond donors (Lipinski definition) is 1. The monoisotopic (exact) mass is 204 g/mol. The summed E-state index contributed by atoms with van der Waals surface area (Å²) in [6.07, 6.45) is 5.39. The van der Waals surface area contributed by atoms with Crippen LogP contribution in [0.5, 0.6) is 0 Å². The third-order valence-corrected chi connectivity index (χ3v) is 3.16. The van der Waals surface area contributed by atoms with Crippen LogP contribution < -0.4 is 10.6 Å². The third-order valence-electron chi connectivity index (χ3n) is 3.16. The minimum atomic E-state index is 0.646. The second kappa shape index (κ2) is 5.17. The minimum Gasteiger partial charge on any atom is -0.371 e. The van der Waals surface area contributed by atoms with E-state index in [2.05, 4.69) is 29.2 Å². The van der Waals surface area contributed by atoms with Crippen LogP contribution in [0.3, 0.4) is 0 Å². The molecule has 1 aromatic rings. The smallest absolute Gasteiger partial charge is 0.0411 e. The zero-order chi connectivity index (χ0) is 10.5. The molecule has 1 aliphatic rings.